The van der Waals surface area contributed by atoms with Crippen LogP contribution in [0.1, 0.15) is 24.0 Å². The molecule has 0 spiro atoms. The van der Waals surface area contributed by atoms with Crippen molar-refractivity contribution in [1.82, 2.24) is 4.31 Å². The van der Waals surface area contributed by atoms with Crippen LogP contribution in [0.15, 0.2) is 29.7 Å². The number of benzene rings is 1. The molecule has 0 radical (unpaired) electrons. The van der Waals surface area contributed by atoms with Crippen LogP contribution in [0.25, 0.3) is 0 Å². The molecule has 0 aromatic heterocycles. The highest BCUT2D eigenvalue weighted by Crippen LogP contribution is 2.26. The van der Waals surface area contributed by atoms with Crippen LogP contribution >= 0.6 is 0 Å². The van der Waals surface area contributed by atoms with Gasteiger partial charge in [-0.1, -0.05) is 6.07 Å². The van der Waals surface area contributed by atoms with Crippen LogP contribution in [-0.4, -0.2) is 25.4 Å². The molecule has 1 aromatic carbocycles. The summed E-state index contributed by atoms with van der Waals surface area (Å²) in [6.07, 6.45) is 3.32. The third-order valence-electron chi connectivity index (χ3n) is 3.65. The minimum absolute atomic E-state index is 0.104. The van der Waals surface area contributed by atoms with Gasteiger partial charge >= 0.3 is 0 Å². The predicted octanol–water partition coefficient (Wildman–Crippen LogP) is 2.16. The fourth-order valence-corrected chi connectivity index (χ4v) is 3.72. The number of halogens is 1. The summed E-state index contributed by atoms with van der Waals surface area (Å²) in [5.74, 6) is -0.335. The largest absolute Gasteiger partial charge is 0.374 e. The number of sulfonamides is 1. The zero-order valence-corrected chi connectivity index (χ0v) is 11.8. The van der Waals surface area contributed by atoms with Crippen LogP contribution in [0, 0.1) is 5.82 Å². The molecule has 0 amide bonds. The quantitative estimate of drug-likeness (QED) is 0.859. The monoisotopic (exact) mass is 297 g/mol. The van der Waals surface area contributed by atoms with E-state index in [1.807, 2.05) is 0 Å². The summed E-state index contributed by atoms with van der Waals surface area (Å²) in [7, 11) is -3.48. The zero-order chi connectivity index (χ0) is 14.2. The summed E-state index contributed by atoms with van der Waals surface area (Å²) >= 11 is 0. The Balaban J connectivity index is 1.74. The lowest BCUT2D eigenvalue weighted by Crippen LogP contribution is -2.23. The van der Waals surface area contributed by atoms with Crippen molar-refractivity contribution >= 4 is 10.0 Å². The van der Waals surface area contributed by atoms with E-state index in [9.17, 15) is 12.8 Å². The average Bonchev–Trinajstić information content (AvgIpc) is 3.05. The molecule has 0 bridgehead atoms. The van der Waals surface area contributed by atoms with E-state index in [4.69, 9.17) is 4.74 Å². The highest BCUT2D eigenvalue weighted by Gasteiger charge is 2.28. The van der Waals surface area contributed by atoms with Crippen molar-refractivity contribution in [3.8, 4) is 0 Å². The van der Waals surface area contributed by atoms with Crippen LogP contribution in [0.5, 0.6) is 0 Å². The maximum atomic E-state index is 13.1. The Bertz CT molecular complexity index is 636. The molecule has 1 unspecified atom stereocenters. The molecule has 20 heavy (non-hydrogen) atoms. The average molecular weight is 297 g/mol. The van der Waals surface area contributed by atoms with Gasteiger partial charge in [0.25, 0.3) is 0 Å². The molecular weight excluding hydrogens is 281 g/mol. The van der Waals surface area contributed by atoms with Crippen molar-refractivity contribution in [1.29, 1.82) is 0 Å². The van der Waals surface area contributed by atoms with E-state index in [-0.39, 0.29) is 18.5 Å². The first-order chi connectivity index (χ1) is 9.54. The molecule has 2 aliphatic rings. The molecule has 2 heterocycles. The van der Waals surface area contributed by atoms with Gasteiger partial charge in [0.05, 0.1) is 6.10 Å². The van der Waals surface area contributed by atoms with Gasteiger partial charge in [0.1, 0.15) is 5.82 Å². The molecule has 1 fully saturated rings. The van der Waals surface area contributed by atoms with Crippen molar-refractivity contribution in [2.24, 2.45) is 0 Å². The molecule has 0 aliphatic carbocycles. The van der Waals surface area contributed by atoms with Crippen LogP contribution in [0.2, 0.25) is 0 Å². The molecule has 0 N–H and O–H groups in total. The van der Waals surface area contributed by atoms with Crippen molar-refractivity contribution in [2.75, 3.05) is 6.61 Å². The summed E-state index contributed by atoms with van der Waals surface area (Å²) in [4.78, 5) is 0. The Morgan fingerprint density at radius 1 is 1.30 bits per heavy atom. The van der Waals surface area contributed by atoms with Gasteiger partial charge in [-0.15, -0.1) is 0 Å². The van der Waals surface area contributed by atoms with E-state index < -0.39 is 10.0 Å². The third kappa shape index (κ3) is 2.77. The highest BCUT2D eigenvalue weighted by atomic mass is 32.2. The van der Waals surface area contributed by atoms with E-state index in [0.29, 0.717) is 13.2 Å². The summed E-state index contributed by atoms with van der Waals surface area (Å²) < 4.78 is 44.3. The second-order valence-electron chi connectivity index (χ2n) is 5.11. The van der Waals surface area contributed by atoms with Crippen LogP contribution < -0.4 is 0 Å². The Morgan fingerprint density at radius 3 is 2.85 bits per heavy atom. The Hall–Kier alpha value is -1.24. The van der Waals surface area contributed by atoms with E-state index in [2.05, 4.69) is 0 Å². The van der Waals surface area contributed by atoms with E-state index in [1.165, 1.54) is 21.8 Å². The normalized spacial score (nSPS) is 23.6. The second kappa shape index (κ2) is 5.27. The first-order valence-corrected chi connectivity index (χ1v) is 8.12. The Kier molecular flexibility index (Phi) is 3.62. The second-order valence-corrected chi connectivity index (χ2v) is 6.92. The zero-order valence-electron chi connectivity index (χ0n) is 11.0. The molecule has 0 saturated carbocycles. The Morgan fingerprint density at radius 2 is 2.10 bits per heavy atom. The summed E-state index contributed by atoms with van der Waals surface area (Å²) in [5.41, 5.74) is 1.60. The van der Waals surface area contributed by atoms with Crippen molar-refractivity contribution < 1.29 is 17.5 Å². The summed E-state index contributed by atoms with van der Waals surface area (Å²) in [6, 6.07) is 4.40. The minimum Gasteiger partial charge on any atom is -0.374 e. The van der Waals surface area contributed by atoms with Gasteiger partial charge in [-0.05, 0) is 42.2 Å². The lowest BCUT2D eigenvalue weighted by molar-refractivity contribution is 0.145. The number of ether oxygens (including phenoxy) is 1. The third-order valence-corrected chi connectivity index (χ3v) is 5.13. The van der Waals surface area contributed by atoms with Gasteiger partial charge in [0, 0.05) is 25.1 Å². The lowest BCUT2D eigenvalue weighted by Gasteiger charge is -2.12. The number of hydrogen-bond acceptors (Lipinski definition) is 3. The minimum atomic E-state index is -3.48. The first kappa shape index (κ1) is 13.7. The standard InChI is InChI=1S/C14H16FNO3S/c15-13-4-3-11-9-16(10-12(11)8-13)20(17,18)7-5-14-2-1-6-19-14/h3-5,7-8,14H,1-2,6,9-10H2. The highest BCUT2D eigenvalue weighted by molar-refractivity contribution is 7.92. The van der Waals surface area contributed by atoms with Gasteiger partial charge in [-0.25, -0.2) is 12.8 Å². The van der Waals surface area contributed by atoms with E-state index in [0.717, 1.165) is 24.0 Å². The van der Waals surface area contributed by atoms with Crippen LogP contribution in [0.4, 0.5) is 4.39 Å². The maximum absolute atomic E-state index is 13.1. The van der Waals surface area contributed by atoms with E-state index in [1.54, 1.807) is 12.1 Å². The van der Waals surface area contributed by atoms with Gasteiger partial charge < -0.3 is 4.74 Å². The van der Waals surface area contributed by atoms with Crippen molar-refractivity contribution in [3.05, 3.63) is 46.6 Å². The molecular formula is C14H16FNO3S. The SMILES string of the molecule is O=S(=O)(C=CC1CCCO1)N1Cc2ccc(F)cc2C1. The molecule has 1 saturated heterocycles. The maximum Gasteiger partial charge on any atom is 0.236 e. The van der Waals surface area contributed by atoms with Gasteiger partial charge in [0.15, 0.2) is 0 Å². The molecule has 1 atom stereocenters. The molecule has 108 valence electrons. The fraction of sp³-hybridized carbons (Fsp3) is 0.429. The number of rotatable bonds is 3. The predicted molar refractivity (Wildman–Crippen MR) is 72.7 cm³/mol. The fourth-order valence-electron chi connectivity index (χ4n) is 2.54. The first-order valence-electron chi connectivity index (χ1n) is 6.62. The van der Waals surface area contributed by atoms with Gasteiger partial charge in [-0.2, -0.15) is 4.31 Å². The molecule has 1 aromatic rings. The van der Waals surface area contributed by atoms with Crippen molar-refractivity contribution in [2.45, 2.75) is 32.0 Å². The lowest BCUT2D eigenvalue weighted by atomic mass is 10.1. The molecule has 3 rings (SSSR count). The molecule has 4 nitrogen and oxygen atoms in total. The van der Waals surface area contributed by atoms with Gasteiger partial charge in [-0.3, -0.25) is 0 Å². The summed E-state index contributed by atoms with van der Waals surface area (Å²) in [5, 5.41) is 1.21. The number of fused-ring (bicyclic) bond motifs is 1. The molecule has 2 aliphatic heterocycles. The van der Waals surface area contributed by atoms with E-state index >= 15 is 0 Å². The number of nitrogens with zero attached hydrogens (tertiary/aromatic N) is 1. The van der Waals surface area contributed by atoms with Gasteiger partial charge in [0.2, 0.25) is 10.0 Å². The van der Waals surface area contributed by atoms with Crippen molar-refractivity contribution in [3.63, 3.8) is 0 Å². The van der Waals surface area contributed by atoms with Crippen LogP contribution in [0.3, 0.4) is 0 Å². The van der Waals surface area contributed by atoms with Crippen LogP contribution in [-0.2, 0) is 27.8 Å². The number of hydrogen-bond donors (Lipinski definition) is 0. The smallest absolute Gasteiger partial charge is 0.236 e. The topological polar surface area (TPSA) is 46.6 Å². The Labute approximate surface area is 117 Å². The molecule has 6 heteroatoms. The summed E-state index contributed by atoms with van der Waals surface area (Å²) in [6.45, 7) is 1.21.